The normalized spacial score (nSPS) is 12.9. The van der Waals surface area contributed by atoms with Crippen LogP contribution in [0.3, 0.4) is 0 Å². The third-order valence-electron chi connectivity index (χ3n) is 4.23. The molecule has 1 heterocycles. The third kappa shape index (κ3) is 3.42. The highest BCUT2D eigenvalue weighted by molar-refractivity contribution is 7.89. The van der Waals surface area contributed by atoms with Crippen molar-refractivity contribution in [1.82, 2.24) is 4.57 Å². The molecule has 0 bridgehead atoms. The first-order chi connectivity index (χ1) is 11.8. The van der Waals surface area contributed by atoms with Crippen LogP contribution in [0.15, 0.2) is 59.6 Å². The van der Waals surface area contributed by atoms with Crippen LogP contribution in [0.25, 0.3) is 10.9 Å². The number of nitrogens with two attached hydrogens (primary N) is 1. The topological polar surface area (TPSA) is 94.2 Å². The lowest BCUT2D eigenvalue weighted by molar-refractivity contribution is -0.118. The van der Waals surface area contributed by atoms with E-state index in [9.17, 15) is 13.2 Å². The number of primary sulfonamides is 1. The molecule has 1 amide bonds. The van der Waals surface area contributed by atoms with E-state index in [0.717, 1.165) is 16.5 Å². The van der Waals surface area contributed by atoms with Gasteiger partial charge in [-0.05, 0) is 55.8 Å². The monoisotopic (exact) mass is 357 g/mol. The number of fused-ring (bicyclic) bond motifs is 1. The Kier molecular flexibility index (Phi) is 4.36. The third-order valence-corrected chi connectivity index (χ3v) is 5.16. The molecule has 1 atom stereocenters. The molecule has 0 aliphatic heterocycles. The maximum atomic E-state index is 12.5. The minimum absolute atomic E-state index is 0.00502. The molecule has 0 saturated heterocycles. The Bertz CT molecular complexity index is 1040. The molecular weight excluding hydrogens is 338 g/mol. The molecule has 3 rings (SSSR count). The first-order valence-electron chi connectivity index (χ1n) is 7.77. The van der Waals surface area contributed by atoms with E-state index in [1.54, 1.807) is 0 Å². The first kappa shape index (κ1) is 17.2. The quantitative estimate of drug-likeness (QED) is 0.752. The van der Waals surface area contributed by atoms with Crippen molar-refractivity contribution in [2.75, 3.05) is 5.32 Å². The lowest BCUT2D eigenvalue weighted by atomic mass is 10.1. The van der Waals surface area contributed by atoms with Crippen LogP contribution in [0.4, 0.5) is 5.69 Å². The summed E-state index contributed by atoms with van der Waals surface area (Å²) in [6.45, 7) is 3.85. The van der Waals surface area contributed by atoms with Crippen LogP contribution in [-0.2, 0) is 14.8 Å². The van der Waals surface area contributed by atoms with Crippen molar-refractivity contribution in [3.63, 3.8) is 0 Å². The molecule has 7 heteroatoms. The van der Waals surface area contributed by atoms with Gasteiger partial charge in [0.1, 0.15) is 6.04 Å². The summed E-state index contributed by atoms with van der Waals surface area (Å²) >= 11 is 0. The Labute approximate surface area is 146 Å². The lowest BCUT2D eigenvalue weighted by Gasteiger charge is -2.16. The van der Waals surface area contributed by atoms with Crippen LogP contribution >= 0.6 is 0 Å². The van der Waals surface area contributed by atoms with Crippen LogP contribution in [0.5, 0.6) is 0 Å². The van der Waals surface area contributed by atoms with Crippen LogP contribution < -0.4 is 10.5 Å². The summed E-state index contributed by atoms with van der Waals surface area (Å²) in [5.41, 5.74) is 2.66. The van der Waals surface area contributed by atoms with E-state index in [1.165, 1.54) is 24.3 Å². The Hall–Kier alpha value is -2.64. The molecule has 2 aromatic carbocycles. The minimum Gasteiger partial charge on any atom is -0.335 e. The SMILES string of the molecule is Cc1cccc2c1ccn2[C@H](C)C(=O)Nc1ccc(S(N)(=O)=O)cc1. The van der Waals surface area contributed by atoms with Crippen molar-refractivity contribution in [2.45, 2.75) is 24.8 Å². The summed E-state index contributed by atoms with van der Waals surface area (Å²) in [4.78, 5) is 12.6. The van der Waals surface area contributed by atoms with Crippen molar-refractivity contribution in [3.8, 4) is 0 Å². The molecule has 0 spiro atoms. The molecule has 0 unspecified atom stereocenters. The molecule has 3 N–H and O–H groups in total. The van der Waals surface area contributed by atoms with Gasteiger partial charge in [0.25, 0.3) is 0 Å². The van der Waals surface area contributed by atoms with Gasteiger partial charge in [-0.15, -0.1) is 0 Å². The Morgan fingerprint density at radius 3 is 2.44 bits per heavy atom. The smallest absolute Gasteiger partial charge is 0.247 e. The number of hydrogen-bond acceptors (Lipinski definition) is 3. The van der Waals surface area contributed by atoms with Gasteiger partial charge in [-0.2, -0.15) is 0 Å². The largest absolute Gasteiger partial charge is 0.335 e. The van der Waals surface area contributed by atoms with E-state index < -0.39 is 16.1 Å². The zero-order chi connectivity index (χ0) is 18.2. The van der Waals surface area contributed by atoms with Crippen LogP contribution in [0.1, 0.15) is 18.5 Å². The summed E-state index contributed by atoms with van der Waals surface area (Å²) in [7, 11) is -3.75. The maximum absolute atomic E-state index is 12.5. The zero-order valence-corrected chi connectivity index (χ0v) is 14.7. The summed E-state index contributed by atoms with van der Waals surface area (Å²) in [6, 6.07) is 13.3. The van der Waals surface area contributed by atoms with Crippen molar-refractivity contribution in [2.24, 2.45) is 5.14 Å². The highest BCUT2D eigenvalue weighted by Crippen LogP contribution is 2.24. The van der Waals surface area contributed by atoms with Crippen LogP contribution in [0, 0.1) is 6.92 Å². The number of hydrogen-bond donors (Lipinski definition) is 2. The molecule has 6 nitrogen and oxygen atoms in total. The molecular formula is C18H19N3O3S. The highest BCUT2D eigenvalue weighted by atomic mass is 32.2. The van der Waals surface area contributed by atoms with Crippen molar-refractivity contribution < 1.29 is 13.2 Å². The lowest BCUT2D eigenvalue weighted by Crippen LogP contribution is -2.23. The average molecular weight is 357 g/mol. The fourth-order valence-corrected chi connectivity index (χ4v) is 3.30. The van der Waals surface area contributed by atoms with Crippen molar-refractivity contribution >= 4 is 32.5 Å². The first-order valence-corrected chi connectivity index (χ1v) is 9.32. The van der Waals surface area contributed by atoms with Gasteiger partial charge < -0.3 is 9.88 Å². The van der Waals surface area contributed by atoms with Gasteiger partial charge in [-0.3, -0.25) is 4.79 Å². The van der Waals surface area contributed by atoms with Crippen molar-refractivity contribution in [1.29, 1.82) is 0 Å². The molecule has 0 aliphatic rings. The second kappa shape index (κ2) is 6.34. The molecule has 0 radical (unpaired) electrons. The van der Waals surface area contributed by atoms with E-state index in [0.29, 0.717) is 5.69 Å². The second-order valence-electron chi connectivity index (χ2n) is 5.97. The van der Waals surface area contributed by atoms with E-state index in [2.05, 4.69) is 5.32 Å². The van der Waals surface area contributed by atoms with Gasteiger partial charge in [0.2, 0.25) is 15.9 Å². The number of aryl methyl sites for hydroxylation is 1. The summed E-state index contributed by atoms with van der Waals surface area (Å²) < 4.78 is 24.5. The zero-order valence-electron chi connectivity index (χ0n) is 13.9. The Morgan fingerprint density at radius 2 is 1.80 bits per heavy atom. The number of carbonyl (C=O) groups is 1. The molecule has 0 aliphatic carbocycles. The van der Waals surface area contributed by atoms with Gasteiger partial charge in [0, 0.05) is 22.8 Å². The molecule has 3 aromatic rings. The Balaban J connectivity index is 1.82. The van der Waals surface area contributed by atoms with Crippen LogP contribution in [0.2, 0.25) is 0 Å². The molecule has 0 saturated carbocycles. The standard InChI is InChI=1S/C18H19N3O3S/c1-12-4-3-5-17-16(12)10-11-21(17)13(2)18(22)20-14-6-8-15(9-7-14)25(19,23)24/h3-11,13H,1-2H3,(H,20,22)(H2,19,23,24)/t13-/m1/s1. The Morgan fingerprint density at radius 1 is 1.12 bits per heavy atom. The van der Waals surface area contributed by atoms with Crippen LogP contribution in [-0.4, -0.2) is 18.9 Å². The molecule has 25 heavy (non-hydrogen) atoms. The van der Waals surface area contributed by atoms with Gasteiger partial charge >= 0.3 is 0 Å². The number of aromatic nitrogens is 1. The molecule has 130 valence electrons. The number of nitrogens with one attached hydrogen (secondary N) is 1. The molecule has 0 fully saturated rings. The minimum atomic E-state index is -3.75. The maximum Gasteiger partial charge on any atom is 0.247 e. The number of carbonyl (C=O) groups excluding carboxylic acids is 1. The van der Waals surface area contributed by atoms with Gasteiger partial charge in [-0.1, -0.05) is 12.1 Å². The van der Waals surface area contributed by atoms with E-state index in [4.69, 9.17) is 5.14 Å². The van der Waals surface area contributed by atoms with Gasteiger partial charge in [0.15, 0.2) is 0 Å². The highest BCUT2D eigenvalue weighted by Gasteiger charge is 2.17. The van der Waals surface area contributed by atoms with E-state index in [-0.39, 0.29) is 10.8 Å². The second-order valence-corrected chi connectivity index (χ2v) is 7.53. The fraction of sp³-hybridized carbons (Fsp3) is 0.167. The number of amides is 1. The van der Waals surface area contributed by atoms with E-state index >= 15 is 0 Å². The molecule has 1 aromatic heterocycles. The predicted molar refractivity (Wildman–Crippen MR) is 97.8 cm³/mol. The van der Waals surface area contributed by atoms with E-state index in [1.807, 2.05) is 48.9 Å². The van der Waals surface area contributed by atoms with Crippen molar-refractivity contribution in [3.05, 3.63) is 60.3 Å². The summed E-state index contributed by atoms with van der Waals surface area (Å²) in [6.07, 6.45) is 1.89. The summed E-state index contributed by atoms with van der Waals surface area (Å²) in [5.74, 6) is -0.192. The number of rotatable bonds is 4. The predicted octanol–water partition coefficient (Wildman–Crippen LogP) is 2.80. The van der Waals surface area contributed by atoms with Gasteiger partial charge in [0.05, 0.1) is 4.90 Å². The summed E-state index contributed by atoms with van der Waals surface area (Å²) in [5, 5.41) is 8.97. The fourth-order valence-electron chi connectivity index (χ4n) is 2.78. The number of sulfonamides is 1. The van der Waals surface area contributed by atoms with Gasteiger partial charge in [-0.25, -0.2) is 13.6 Å². The number of nitrogens with zero attached hydrogens (tertiary/aromatic N) is 1. The number of anilines is 1. The average Bonchev–Trinajstić information content (AvgIpc) is 2.99. The number of benzene rings is 2.